The molecule has 2 aromatic heterocycles. The third kappa shape index (κ3) is 3.31. The zero-order chi connectivity index (χ0) is 19.7. The van der Waals surface area contributed by atoms with E-state index in [0.29, 0.717) is 24.5 Å². The van der Waals surface area contributed by atoms with Crippen LogP contribution in [0.4, 0.5) is 0 Å². The number of carboxylic acids is 1. The van der Waals surface area contributed by atoms with Gasteiger partial charge in [-0.1, -0.05) is 30.3 Å². The van der Waals surface area contributed by atoms with Gasteiger partial charge < -0.3 is 15.0 Å². The van der Waals surface area contributed by atoms with Crippen molar-refractivity contribution in [2.24, 2.45) is 0 Å². The molecule has 7 heteroatoms. The Labute approximate surface area is 162 Å². The van der Waals surface area contributed by atoms with Gasteiger partial charge in [0, 0.05) is 18.8 Å². The highest BCUT2D eigenvalue weighted by atomic mass is 16.4. The quantitative estimate of drug-likeness (QED) is 0.728. The minimum atomic E-state index is -0.961. The Kier molecular flexibility index (Phi) is 4.73. The van der Waals surface area contributed by atoms with Gasteiger partial charge in [0.2, 0.25) is 0 Å². The Morgan fingerprint density at radius 1 is 1.11 bits per heavy atom. The van der Waals surface area contributed by atoms with Crippen molar-refractivity contribution in [2.45, 2.75) is 25.8 Å². The van der Waals surface area contributed by atoms with Crippen molar-refractivity contribution in [2.75, 3.05) is 13.1 Å². The Hall–Kier alpha value is -3.35. The van der Waals surface area contributed by atoms with Gasteiger partial charge in [0.15, 0.2) is 0 Å². The molecule has 28 heavy (non-hydrogen) atoms. The van der Waals surface area contributed by atoms with E-state index in [-0.39, 0.29) is 17.5 Å². The molecule has 1 fully saturated rings. The van der Waals surface area contributed by atoms with Gasteiger partial charge in [0.05, 0.1) is 17.9 Å². The van der Waals surface area contributed by atoms with Crippen LogP contribution >= 0.6 is 0 Å². The molecule has 0 radical (unpaired) electrons. The van der Waals surface area contributed by atoms with Crippen LogP contribution in [0.25, 0.3) is 11.3 Å². The van der Waals surface area contributed by atoms with Crippen molar-refractivity contribution in [3.05, 3.63) is 65.6 Å². The molecule has 0 atom stereocenters. The van der Waals surface area contributed by atoms with Gasteiger partial charge in [-0.2, -0.15) is 5.10 Å². The summed E-state index contributed by atoms with van der Waals surface area (Å²) in [6.45, 7) is 3.01. The molecule has 3 heterocycles. The molecule has 0 spiro atoms. The third-order valence-corrected chi connectivity index (χ3v) is 5.37. The predicted octanol–water partition coefficient (Wildman–Crippen LogP) is 3.36. The second-order valence-corrected chi connectivity index (χ2v) is 7.07. The highest BCUT2D eigenvalue weighted by molar-refractivity contribution is 5.93. The standard InChI is InChI=1S/C21H22N4O3/c1-14-17(21(27)28)13-22-25(14)16-9-11-24(12-10-16)20(26)19-8-7-18(23-19)15-5-3-2-4-6-15/h2-8,13,16,23H,9-12H2,1H3,(H,27,28). The number of carboxylic acid groups (broad SMARTS) is 1. The number of aromatic amines is 1. The van der Waals surface area contributed by atoms with Crippen LogP contribution < -0.4 is 0 Å². The summed E-state index contributed by atoms with van der Waals surface area (Å²) in [6, 6.07) is 13.8. The molecule has 2 N–H and O–H groups in total. The first-order valence-corrected chi connectivity index (χ1v) is 9.35. The molecule has 1 aliphatic heterocycles. The summed E-state index contributed by atoms with van der Waals surface area (Å²) in [5.41, 5.74) is 3.45. The van der Waals surface area contributed by atoms with Crippen LogP contribution in [-0.4, -0.2) is 49.7 Å². The smallest absolute Gasteiger partial charge is 0.339 e. The summed E-state index contributed by atoms with van der Waals surface area (Å²) in [5.74, 6) is -0.971. The van der Waals surface area contributed by atoms with E-state index in [2.05, 4.69) is 10.1 Å². The van der Waals surface area contributed by atoms with Crippen LogP contribution in [0.1, 0.15) is 45.4 Å². The van der Waals surface area contributed by atoms with Crippen LogP contribution in [0.5, 0.6) is 0 Å². The van der Waals surface area contributed by atoms with Crippen molar-refractivity contribution in [1.82, 2.24) is 19.7 Å². The molecular formula is C21H22N4O3. The van der Waals surface area contributed by atoms with E-state index in [9.17, 15) is 14.7 Å². The fourth-order valence-electron chi connectivity index (χ4n) is 3.79. The number of likely N-dealkylation sites (tertiary alicyclic amines) is 1. The molecule has 0 aliphatic carbocycles. The minimum Gasteiger partial charge on any atom is -0.478 e. The Bertz CT molecular complexity index is 998. The number of piperidine rings is 1. The number of benzene rings is 1. The van der Waals surface area contributed by atoms with Crippen molar-refractivity contribution in [3.63, 3.8) is 0 Å². The number of H-pyrrole nitrogens is 1. The first kappa shape index (κ1) is 18.0. The SMILES string of the molecule is Cc1c(C(=O)O)cnn1C1CCN(C(=O)c2ccc(-c3ccccc3)[nH]2)CC1. The summed E-state index contributed by atoms with van der Waals surface area (Å²) >= 11 is 0. The monoisotopic (exact) mass is 378 g/mol. The Morgan fingerprint density at radius 3 is 2.46 bits per heavy atom. The Balaban J connectivity index is 1.42. The van der Waals surface area contributed by atoms with Crippen LogP contribution in [0.2, 0.25) is 0 Å². The lowest BCUT2D eigenvalue weighted by Crippen LogP contribution is -2.39. The molecule has 4 rings (SSSR count). The molecule has 1 amide bonds. The maximum Gasteiger partial charge on any atom is 0.339 e. The van der Waals surface area contributed by atoms with Gasteiger partial charge >= 0.3 is 5.97 Å². The first-order chi connectivity index (χ1) is 13.5. The van der Waals surface area contributed by atoms with Gasteiger partial charge in [-0.3, -0.25) is 9.48 Å². The molecule has 1 aromatic carbocycles. The average Bonchev–Trinajstić information content (AvgIpc) is 3.35. The van der Waals surface area contributed by atoms with Crippen molar-refractivity contribution < 1.29 is 14.7 Å². The zero-order valence-corrected chi connectivity index (χ0v) is 15.6. The third-order valence-electron chi connectivity index (χ3n) is 5.37. The minimum absolute atomic E-state index is 0.0101. The number of aromatic carboxylic acids is 1. The van der Waals surface area contributed by atoms with Crippen LogP contribution in [0.3, 0.4) is 0 Å². The van der Waals surface area contributed by atoms with Crippen molar-refractivity contribution in [1.29, 1.82) is 0 Å². The largest absolute Gasteiger partial charge is 0.478 e. The average molecular weight is 378 g/mol. The molecule has 7 nitrogen and oxygen atoms in total. The van der Waals surface area contributed by atoms with E-state index in [1.807, 2.05) is 47.4 Å². The van der Waals surface area contributed by atoms with Crippen molar-refractivity contribution in [3.8, 4) is 11.3 Å². The first-order valence-electron chi connectivity index (χ1n) is 9.35. The number of rotatable bonds is 4. The number of nitrogens with zero attached hydrogens (tertiary/aromatic N) is 3. The number of amides is 1. The summed E-state index contributed by atoms with van der Waals surface area (Å²) < 4.78 is 1.79. The fraction of sp³-hybridized carbons (Fsp3) is 0.286. The fourth-order valence-corrected chi connectivity index (χ4v) is 3.79. The second kappa shape index (κ2) is 7.34. The van der Waals surface area contributed by atoms with Crippen molar-refractivity contribution >= 4 is 11.9 Å². The lowest BCUT2D eigenvalue weighted by Gasteiger charge is -2.32. The molecule has 3 aromatic rings. The molecular weight excluding hydrogens is 356 g/mol. The number of hydrogen-bond donors (Lipinski definition) is 2. The lowest BCUT2D eigenvalue weighted by molar-refractivity contribution is 0.0683. The van der Waals surface area contributed by atoms with Crippen LogP contribution in [-0.2, 0) is 0 Å². The zero-order valence-electron chi connectivity index (χ0n) is 15.6. The normalized spacial score (nSPS) is 15.0. The maximum absolute atomic E-state index is 12.8. The number of carbonyl (C=O) groups is 2. The summed E-state index contributed by atoms with van der Waals surface area (Å²) in [7, 11) is 0. The van der Waals surface area contributed by atoms with E-state index in [4.69, 9.17) is 0 Å². The van der Waals surface area contributed by atoms with Crippen LogP contribution in [0, 0.1) is 6.92 Å². The summed E-state index contributed by atoms with van der Waals surface area (Å²) in [6.07, 6.45) is 2.90. The highest BCUT2D eigenvalue weighted by Crippen LogP contribution is 2.26. The van der Waals surface area contributed by atoms with E-state index in [0.717, 1.165) is 24.1 Å². The molecule has 1 saturated heterocycles. The summed E-state index contributed by atoms with van der Waals surface area (Å²) in [4.78, 5) is 29.1. The highest BCUT2D eigenvalue weighted by Gasteiger charge is 2.27. The van der Waals surface area contributed by atoms with E-state index < -0.39 is 5.97 Å². The van der Waals surface area contributed by atoms with E-state index >= 15 is 0 Å². The molecule has 1 aliphatic rings. The van der Waals surface area contributed by atoms with E-state index in [1.54, 1.807) is 11.6 Å². The topological polar surface area (TPSA) is 91.2 Å². The van der Waals surface area contributed by atoms with Gasteiger partial charge in [-0.25, -0.2) is 4.79 Å². The van der Waals surface area contributed by atoms with Gasteiger partial charge in [-0.15, -0.1) is 0 Å². The van der Waals surface area contributed by atoms with E-state index in [1.165, 1.54) is 6.20 Å². The molecule has 144 valence electrons. The number of aromatic nitrogens is 3. The predicted molar refractivity (Wildman–Crippen MR) is 104 cm³/mol. The maximum atomic E-state index is 12.8. The number of hydrogen-bond acceptors (Lipinski definition) is 3. The molecule has 0 saturated carbocycles. The lowest BCUT2D eigenvalue weighted by atomic mass is 10.0. The molecule has 0 unspecified atom stereocenters. The summed E-state index contributed by atoms with van der Waals surface area (Å²) in [5, 5.41) is 13.4. The van der Waals surface area contributed by atoms with Gasteiger partial charge in [-0.05, 0) is 37.5 Å². The van der Waals surface area contributed by atoms with Gasteiger partial charge in [0.25, 0.3) is 5.91 Å². The van der Waals surface area contributed by atoms with Crippen LogP contribution in [0.15, 0.2) is 48.7 Å². The number of carbonyl (C=O) groups excluding carboxylic acids is 1. The molecule has 0 bridgehead atoms. The van der Waals surface area contributed by atoms with Gasteiger partial charge in [0.1, 0.15) is 11.3 Å². The number of nitrogens with one attached hydrogen (secondary N) is 1. The second-order valence-electron chi connectivity index (χ2n) is 7.07. The Morgan fingerprint density at radius 2 is 1.82 bits per heavy atom.